The van der Waals surface area contributed by atoms with Crippen LogP contribution in [-0.4, -0.2) is 14.7 Å². The Bertz CT molecular complexity index is 1100. The van der Waals surface area contributed by atoms with Crippen molar-refractivity contribution >= 4 is 11.4 Å². The fourth-order valence-electron chi connectivity index (χ4n) is 3.95. The van der Waals surface area contributed by atoms with Gasteiger partial charge in [-0.15, -0.1) is 0 Å². The highest BCUT2D eigenvalue weighted by Crippen LogP contribution is 2.36. The van der Waals surface area contributed by atoms with Gasteiger partial charge in [-0.05, 0) is 37.8 Å². The first kappa shape index (κ1) is 18.7. The van der Waals surface area contributed by atoms with Gasteiger partial charge in [0.2, 0.25) is 0 Å². The van der Waals surface area contributed by atoms with Crippen molar-refractivity contribution in [1.29, 1.82) is 5.26 Å². The van der Waals surface area contributed by atoms with Crippen LogP contribution in [0.3, 0.4) is 0 Å². The highest BCUT2D eigenvalue weighted by atomic mass is 16.6. The quantitative estimate of drug-likeness (QED) is 0.513. The molecule has 1 aliphatic rings. The topological polar surface area (TPSA) is 96.8 Å². The average molecular weight is 387 g/mol. The molecule has 0 radical (unpaired) electrons. The zero-order valence-electron chi connectivity index (χ0n) is 16.1. The molecule has 2 aromatic carbocycles. The zero-order chi connectivity index (χ0) is 20.4. The highest BCUT2D eigenvalue weighted by Gasteiger charge is 2.26. The minimum absolute atomic E-state index is 0.00974. The molecule has 1 N–H and O–H groups in total. The van der Waals surface area contributed by atoms with Crippen molar-refractivity contribution in [2.24, 2.45) is 0 Å². The number of anilines is 1. The van der Waals surface area contributed by atoms with Gasteiger partial charge >= 0.3 is 0 Å². The number of nitro groups is 1. The summed E-state index contributed by atoms with van der Waals surface area (Å²) in [5.74, 6) is 0. The van der Waals surface area contributed by atoms with Crippen LogP contribution in [0.1, 0.15) is 46.8 Å². The SMILES string of the molecule is Cc1c(N[C@@H]2CCCc3c2cnn3Cc2ccccc2)cc(C#N)cc1[N+](=O)[O-]. The molecule has 1 aliphatic carbocycles. The lowest BCUT2D eigenvalue weighted by molar-refractivity contribution is -0.385. The highest BCUT2D eigenvalue weighted by molar-refractivity contribution is 5.64. The summed E-state index contributed by atoms with van der Waals surface area (Å²) in [6.07, 6.45) is 4.77. The summed E-state index contributed by atoms with van der Waals surface area (Å²) < 4.78 is 2.04. The fourth-order valence-corrected chi connectivity index (χ4v) is 3.95. The maximum Gasteiger partial charge on any atom is 0.275 e. The average Bonchev–Trinajstić information content (AvgIpc) is 3.14. The molecule has 0 fully saturated rings. The maximum atomic E-state index is 11.4. The first-order valence-electron chi connectivity index (χ1n) is 9.61. The lowest BCUT2D eigenvalue weighted by atomic mass is 9.92. The summed E-state index contributed by atoms with van der Waals surface area (Å²) in [5.41, 5.74) is 4.92. The van der Waals surface area contributed by atoms with Gasteiger partial charge in [0.25, 0.3) is 5.69 Å². The number of nitriles is 1. The van der Waals surface area contributed by atoms with Gasteiger partial charge in [0.05, 0.1) is 35.3 Å². The second-order valence-corrected chi connectivity index (χ2v) is 7.32. The molecule has 0 bridgehead atoms. The van der Waals surface area contributed by atoms with Crippen LogP contribution in [0, 0.1) is 28.4 Å². The zero-order valence-corrected chi connectivity index (χ0v) is 16.1. The molecule has 4 rings (SSSR count). The summed E-state index contributed by atoms with van der Waals surface area (Å²) >= 11 is 0. The Morgan fingerprint density at radius 2 is 2.14 bits per heavy atom. The Labute approximate surface area is 168 Å². The van der Waals surface area contributed by atoms with Crippen molar-refractivity contribution in [1.82, 2.24) is 9.78 Å². The standard InChI is InChI=1S/C22H21N5O2/c1-15-20(10-17(12-23)11-22(15)27(28)29)25-19-8-5-9-21-18(19)13-24-26(21)14-16-6-3-2-4-7-16/h2-4,6-7,10-11,13,19,25H,5,8-9,14H2,1H3/t19-/m1/s1. The number of nitrogens with zero attached hydrogens (tertiary/aromatic N) is 4. The van der Waals surface area contributed by atoms with E-state index in [2.05, 4.69) is 22.5 Å². The molecule has 0 aliphatic heterocycles. The van der Waals surface area contributed by atoms with E-state index in [-0.39, 0.29) is 17.3 Å². The lowest BCUT2D eigenvalue weighted by Gasteiger charge is -2.26. The van der Waals surface area contributed by atoms with E-state index >= 15 is 0 Å². The van der Waals surface area contributed by atoms with Crippen molar-refractivity contribution in [3.8, 4) is 6.07 Å². The number of aromatic nitrogens is 2. The van der Waals surface area contributed by atoms with E-state index in [9.17, 15) is 15.4 Å². The summed E-state index contributed by atoms with van der Waals surface area (Å²) in [7, 11) is 0. The number of hydrogen-bond donors (Lipinski definition) is 1. The van der Waals surface area contributed by atoms with Crippen LogP contribution in [0.5, 0.6) is 0 Å². The minimum atomic E-state index is -0.439. The maximum absolute atomic E-state index is 11.4. The van der Waals surface area contributed by atoms with Crippen molar-refractivity contribution in [2.75, 3.05) is 5.32 Å². The number of nitro benzene ring substituents is 1. The van der Waals surface area contributed by atoms with Crippen molar-refractivity contribution in [3.05, 3.63) is 86.7 Å². The first-order valence-corrected chi connectivity index (χ1v) is 9.61. The summed E-state index contributed by atoms with van der Waals surface area (Å²) in [5, 5.41) is 28.7. The Kier molecular flexibility index (Phi) is 5.00. The lowest BCUT2D eigenvalue weighted by Crippen LogP contribution is -2.19. The van der Waals surface area contributed by atoms with Gasteiger partial charge in [-0.1, -0.05) is 30.3 Å². The van der Waals surface area contributed by atoms with E-state index in [0.717, 1.165) is 31.4 Å². The van der Waals surface area contributed by atoms with Crippen LogP contribution < -0.4 is 5.32 Å². The molecular weight excluding hydrogens is 366 g/mol. The monoisotopic (exact) mass is 387 g/mol. The number of rotatable bonds is 5. The molecule has 7 heteroatoms. The number of nitrogens with one attached hydrogen (secondary N) is 1. The van der Waals surface area contributed by atoms with Crippen LogP contribution in [0.2, 0.25) is 0 Å². The van der Waals surface area contributed by atoms with Gasteiger partial charge in [-0.2, -0.15) is 10.4 Å². The van der Waals surface area contributed by atoms with Gasteiger partial charge in [-0.25, -0.2) is 0 Å². The van der Waals surface area contributed by atoms with E-state index < -0.39 is 4.92 Å². The second kappa shape index (κ2) is 7.76. The molecule has 0 spiro atoms. The van der Waals surface area contributed by atoms with Gasteiger partial charge in [-0.3, -0.25) is 14.8 Å². The third-order valence-electron chi connectivity index (χ3n) is 5.47. The molecule has 0 unspecified atom stereocenters. The van der Waals surface area contributed by atoms with Crippen molar-refractivity contribution in [2.45, 2.75) is 38.8 Å². The summed E-state index contributed by atoms with van der Waals surface area (Å²) in [4.78, 5) is 10.9. The van der Waals surface area contributed by atoms with E-state index in [1.54, 1.807) is 13.0 Å². The van der Waals surface area contributed by atoms with E-state index in [4.69, 9.17) is 0 Å². The third kappa shape index (κ3) is 3.69. The van der Waals surface area contributed by atoms with Gasteiger partial charge in [0.15, 0.2) is 0 Å². The normalized spacial score (nSPS) is 15.4. The van der Waals surface area contributed by atoms with Crippen molar-refractivity contribution < 1.29 is 4.92 Å². The molecule has 0 amide bonds. The first-order chi connectivity index (χ1) is 14.1. The predicted octanol–water partition coefficient (Wildman–Crippen LogP) is 4.51. The summed E-state index contributed by atoms with van der Waals surface area (Å²) in [6.45, 7) is 2.43. The van der Waals surface area contributed by atoms with Crippen molar-refractivity contribution in [3.63, 3.8) is 0 Å². The largest absolute Gasteiger partial charge is 0.378 e. The van der Waals surface area contributed by atoms with Crippen LogP contribution in [0.4, 0.5) is 11.4 Å². The Hall–Kier alpha value is -3.66. The number of hydrogen-bond acceptors (Lipinski definition) is 5. The van der Waals surface area contributed by atoms with Gasteiger partial charge in [0, 0.05) is 28.6 Å². The Morgan fingerprint density at radius 3 is 2.86 bits per heavy atom. The fraction of sp³-hybridized carbons (Fsp3) is 0.273. The number of benzene rings is 2. The minimum Gasteiger partial charge on any atom is -0.378 e. The third-order valence-corrected chi connectivity index (χ3v) is 5.47. The van der Waals surface area contributed by atoms with Crippen LogP contribution >= 0.6 is 0 Å². The molecule has 3 aromatic rings. The summed E-state index contributed by atoms with van der Waals surface area (Å²) in [6, 6.07) is 15.2. The van der Waals surface area contributed by atoms with E-state index in [1.807, 2.05) is 35.1 Å². The Morgan fingerprint density at radius 1 is 1.34 bits per heavy atom. The molecule has 7 nitrogen and oxygen atoms in total. The molecule has 29 heavy (non-hydrogen) atoms. The smallest absolute Gasteiger partial charge is 0.275 e. The van der Waals surface area contributed by atoms with E-state index in [0.29, 0.717) is 11.3 Å². The molecule has 0 saturated heterocycles. The van der Waals surface area contributed by atoms with Gasteiger partial charge < -0.3 is 5.32 Å². The van der Waals surface area contributed by atoms with Crippen LogP contribution in [0.15, 0.2) is 48.7 Å². The molecule has 1 heterocycles. The molecule has 146 valence electrons. The molecule has 1 aromatic heterocycles. The molecular formula is C22H21N5O2. The molecule has 0 saturated carbocycles. The number of fused-ring (bicyclic) bond motifs is 1. The predicted molar refractivity (Wildman–Crippen MR) is 110 cm³/mol. The van der Waals surface area contributed by atoms with E-state index in [1.165, 1.54) is 17.3 Å². The van der Waals surface area contributed by atoms with Crippen LogP contribution in [-0.2, 0) is 13.0 Å². The second-order valence-electron chi connectivity index (χ2n) is 7.32. The molecule has 1 atom stereocenters. The van der Waals surface area contributed by atoms with Gasteiger partial charge in [0.1, 0.15) is 0 Å². The Balaban J connectivity index is 1.64. The van der Waals surface area contributed by atoms with Crippen LogP contribution in [0.25, 0.3) is 0 Å².